The predicted octanol–water partition coefficient (Wildman–Crippen LogP) is 4.07. The van der Waals surface area contributed by atoms with Crippen LogP contribution in [0.3, 0.4) is 0 Å². The van der Waals surface area contributed by atoms with Crippen molar-refractivity contribution in [2.24, 2.45) is 0 Å². The predicted molar refractivity (Wildman–Crippen MR) is 103 cm³/mol. The Morgan fingerprint density at radius 1 is 1.04 bits per heavy atom. The molecule has 0 N–H and O–H groups in total. The van der Waals surface area contributed by atoms with Gasteiger partial charge in [0.15, 0.2) is 0 Å². The first-order chi connectivity index (χ1) is 12.6. The molecule has 0 saturated carbocycles. The first-order valence-corrected chi connectivity index (χ1v) is 8.66. The number of carbonyl (C=O) groups is 1. The fourth-order valence-electron chi connectivity index (χ4n) is 2.72. The van der Waals surface area contributed by atoms with E-state index in [1.807, 2.05) is 68.4 Å². The van der Waals surface area contributed by atoms with Crippen LogP contribution in [0.4, 0.5) is 5.69 Å². The second-order valence-electron chi connectivity index (χ2n) is 6.32. The number of anilines is 1. The van der Waals surface area contributed by atoms with Crippen molar-refractivity contribution in [2.45, 2.75) is 13.5 Å². The molecule has 3 aromatic rings. The van der Waals surface area contributed by atoms with Gasteiger partial charge in [-0.05, 0) is 24.6 Å². The van der Waals surface area contributed by atoms with E-state index in [1.54, 1.807) is 11.0 Å². The molecule has 0 radical (unpaired) electrons. The van der Waals surface area contributed by atoms with Gasteiger partial charge in [-0.25, -0.2) is 0 Å². The molecule has 1 heterocycles. The summed E-state index contributed by atoms with van der Waals surface area (Å²) in [7, 11) is 4.01. The summed E-state index contributed by atoms with van der Waals surface area (Å²) in [6.07, 6.45) is 0. The minimum absolute atomic E-state index is 0.154. The maximum Gasteiger partial charge on any atom is 0.292 e. The molecule has 0 aliphatic rings. The Bertz CT molecular complexity index is 854. The van der Waals surface area contributed by atoms with E-state index in [4.69, 9.17) is 4.52 Å². The average molecular weight is 349 g/mol. The van der Waals surface area contributed by atoms with Gasteiger partial charge in [-0.15, -0.1) is 0 Å². The Hall–Kier alpha value is -3.08. The molecular formula is C21H23N3O2. The zero-order valence-corrected chi connectivity index (χ0v) is 15.3. The zero-order chi connectivity index (χ0) is 18.5. The fourth-order valence-corrected chi connectivity index (χ4v) is 2.72. The third kappa shape index (κ3) is 3.94. The molecule has 26 heavy (non-hydrogen) atoms. The molecule has 5 nitrogen and oxygen atoms in total. The van der Waals surface area contributed by atoms with Crippen molar-refractivity contribution in [1.82, 2.24) is 10.1 Å². The molecule has 1 aromatic heterocycles. The highest BCUT2D eigenvalue weighted by Gasteiger charge is 2.20. The van der Waals surface area contributed by atoms with Gasteiger partial charge in [-0.3, -0.25) is 4.79 Å². The van der Waals surface area contributed by atoms with Crippen LogP contribution in [0, 0.1) is 0 Å². The third-order valence-corrected chi connectivity index (χ3v) is 4.29. The lowest BCUT2D eigenvalue weighted by Crippen LogP contribution is -2.30. The SMILES string of the molecule is CCN(Cc1ccc(N(C)C)cc1)C(=O)c1cc(-c2ccccc2)no1. The van der Waals surface area contributed by atoms with Crippen molar-refractivity contribution < 1.29 is 9.32 Å². The summed E-state index contributed by atoms with van der Waals surface area (Å²) < 4.78 is 5.30. The van der Waals surface area contributed by atoms with Crippen LogP contribution in [0.1, 0.15) is 23.0 Å². The number of hydrogen-bond donors (Lipinski definition) is 0. The molecule has 1 amide bonds. The van der Waals surface area contributed by atoms with Crippen molar-refractivity contribution >= 4 is 11.6 Å². The highest BCUT2D eigenvalue weighted by molar-refractivity contribution is 5.92. The lowest BCUT2D eigenvalue weighted by molar-refractivity contribution is 0.0710. The minimum Gasteiger partial charge on any atom is -0.378 e. The number of carbonyl (C=O) groups excluding carboxylic acids is 1. The summed E-state index contributed by atoms with van der Waals surface area (Å²) in [5, 5.41) is 4.03. The first kappa shape index (κ1) is 17.7. The van der Waals surface area contributed by atoms with Crippen molar-refractivity contribution in [3.63, 3.8) is 0 Å². The molecule has 0 atom stereocenters. The van der Waals surface area contributed by atoms with Crippen molar-refractivity contribution in [2.75, 3.05) is 25.5 Å². The Balaban J connectivity index is 1.74. The van der Waals surface area contributed by atoms with E-state index in [-0.39, 0.29) is 11.7 Å². The summed E-state index contributed by atoms with van der Waals surface area (Å²) in [5.74, 6) is 0.106. The molecule has 0 unspecified atom stereocenters. The lowest BCUT2D eigenvalue weighted by Gasteiger charge is -2.20. The molecule has 0 saturated heterocycles. The van der Waals surface area contributed by atoms with E-state index in [0.29, 0.717) is 18.8 Å². The van der Waals surface area contributed by atoms with Crippen LogP contribution in [-0.2, 0) is 6.54 Å². The minimum atomic E-state index is -0.154. The van der Waals surface area contributed by atoms with E-state index < -0.39 is 0 Å². The monoisotopic (exact) mass is 349 g/mol. The van der Waals surface area contributed by atoms with Crippen molar-refractivity contribution in [3.05, 3.63) is 72.0 Å². The van der Waals surface area contributed by atoms with Gasteiger partial charge in [0, 0.05) is 44.5 Å². The van der Waals surface area contributed by atoms with Crippen LogP contribution >= 0.6 is 0 Å². The van der Waals surface area contributed by atoms with Gasteiger partial charge >= 0.3 is 0 Å². The molecule has 0 aliphatic carbocycles. The fraction of sp³-hybridized carbons (Fsp3) is 0.238. The highest BCUT2D eigenvalue weighted by atomic mass is 16.5. The van der Waals surface area contributed by atoms with E-state index in [9.17, 15) is 4.79 Å². The number of hydrogen-bond acceptors (Lipinski definition) is 4. The number of rotatable bonds is 6. The summed E-state index contributed by atoms with van der Waals surface area (Å²) in [4.78, 5) is 16.6. The Kier molecular flexibility index (Phi) is 5.37. The largest absolute Gasteiger partial charge is 0.378 e. The molecular weight excluding hydrogens is 326 g/mol. The molecule has 3 rings (SSSR count). The second-order valence-corrected chi connectivity index (χ2v) is 6.32. The van der Waals surface area contributed by atoms with Gasteiger partial charge in [-0.1, -0.05) is 47.6 Å². The van der Waals surface area contributed by atoms with E-state index in [0.717, 1.165) is 16.8 Å². The topological polar surface area (TPSA) is 49.6 Å². The Morgan fingerprint density at radius 2 is 1.73 bits per heavy atom. The number of benzene rings is 2. The summed E-state index contributed by atoms with van der Waals surface area (Å²) in [5.41, 5.74) is 3.80. The molecule has 0 spiro atoms. The Labute approximate surface area is 153 Å². The first-order valence-electron chi connectivity index (χ1n) is 8.66. The smallest absolute Gasteiger partial charge is 0.292 e. The zero-order valence-electron chi connectivity index (χ0n) is 15.3. The van der Waals surface area contributed by atoms with E-state index in [2.05, 4.69) is 17.3 Å². The molecule has 2 aromatic carbocycles. The summed E-state index contributed by atoms with van der Waals surface area (Å²) in [6.45, 7) is 3.08. The van der Waals surface area contributed by atoms with Crippen molar-refractivity contribution in [1.29, 1.82) is 0 Å². The number of nitrogens with zero attached hydrogens (tertiary/aromatic N) is 3. The van der Waals surface area contributed by atoms with Crippen LogP contribution in [-0.4, -0.2) is 36.6 Å². The standard InChI is InChI=1S/C21H23N3O2/c1-4-24(15-16-10-12-18(13-11-16)23(2)3)21(25)20-14-19(22-26-20)17-8-6-5-7-9-17/h5-14H,4,15H2,1-3H3. The molecule has 134 valence electrons. The maximum atomic E-state index is 12.8. The third-order valence-electron chi connectivity index (χ3n) is 4.29. The quantitative estimate of drug-likeness (QED) is 0.673. The molecule has 0 aliphatic heterocycles. The summed E-state index contributed by atoms with van der Waals surface area (Å²) >= 11 is 0. The van der Waals surface area contributed by atoms with Crippen LogP contribution in [0.15, 0.2) is 65.2 Å². The normalized spacial score (nSPS) is 10.6. The molecule has 0 fully saturated rings. The van der Waals surface area contributed by atoms with Gasteiger partial charge in [0.1, 0.15) is 5.69 Å². The van der Waals surface area contributed by atoms with E-state index >= 15 is 0 Å². The van der Waals surface area contributed by atoms with E-state index in [1.165, 1.54) is 0 Å². The van der Waals surface area contributed by atoms with Crippen LogP contribution in [0.2, 0.25) is 0 Å². The van der Waals surface area contributed by atoms with Gasteiger partial charge in [-0.2, -0.15) is 0 Å². The molecule has 0 bridgehead atoms. The highest BCUT2D eigenvalue weighted by Crippen LogP contribution is 2.20. The number of aromatic nitrogens is 1. The van der Waals surface area contributed by atoms with Gasteiger partial charge in [0.25, 0.3) is 5.91 Å². The van der Waals surface area contributed by atoms with Crippen LogP contribution in [0.25, 0.3) is 11.3 Å². The number of amides is 1. The molecule has 5 heteroatoms. The van der Waals surface area contributed by atoms with Crippen molar-refractivity contribution in [3.8, 4) is 11.3 Å². The summed E-state index contributed by atoms with van der Waals surface area (Å²) in [6, 6.07) is 19.6. The van der Waals surface area contributed by atoms with Gasteiger partial charge in [0.05, 0.1) is 0 Å². The lowest BCUT2D eigenvalue weighted by atomic mass is 10.1. The second kappa shape index (κ2) is 7.87. The van der Waals surface area contributed by atoms with Gasteiger partial charge in [0.2, 0.25) is 5.76 Å². The van der Waals surface area contributed by atoms with Crippen LogP contribution < -0.4 is 4.90 Å². The maximum absolute atomic E-state index is 12.8. The Morgan fingerprint density at radius 3 is 2.35 bits per heavy atom. The average Bonchev–Trinajstić information content (AvgIpc) is 3.17. The van der Waals surface area contributed by atoms with Crippen LogP contribution in [0.5, 0.6) is 0 Å². The van der Waals surface area contributed by atoms with Gasteiger partial charge < -0.3 is 14.3 Å².